The number of rotatable bonds is 5. The molecular weight excluding hydrogens is 356 g/mol. The molecule has 6 heteroatoms. The first-order chi connectivity index (χ1) is 10.1. The van der Waals surface area contributed by atoms with E-state index >= 15 is 0 Å². The normalized spacial score (nSPS) is 10.2. The van der Waals surface area contributed by atoms with E-state index in [0.29, 0.717) is 29.6 Å². The second-order valence-corrected chi connectivity index (χ2v) is 5.53. The fourth-order valence-corrected chi connectivity index (χ4v) is 2.33. The molecule has 0 atom stereocenters. The Kier molecular flexibility index (Phi) is 5.59. The van der Waals surface area contributed by atoms with Crippen LogP contribution in [0.2, 0.25) is 5.02 Å². The highest BCUT2D eigenvalue weighted by molar-refractivity contribution is 9.10. The van der Waals surface area contributed by atoms with Crippen LogP contribution in [0.3, 0.4) is 0 Å². The Bertz CT molecular complexity index is 649. The highest BCUT2D eigenvalue weighted by atomic mass is 79.9. The van der Waals surface area contributed by atoms with Crippen molar-refractivity contribution in [1.82, 2.24) is 10.3 Å². The Morgan fingerprint density at radius 2 is 2.24 bits per heavy atom. The lowest BCUT2D eigenvalue weighted by Gasteiger charge is -2.10. The fourth-order valence-electron chi connectivity index (χ4n) is 1.77. The molecule has 0 aliphatic rings. The lowest BCUT2D eigenvalue weighted by atomic mass is 10.2. The van der Waals surface area contributed by atoms with Crippen molar-refractivity contribution in [3.05, 3.63) is 57.2 Å². The van der Waals surface area contributed by atoms with Crippen molar-refractivity contribution in [1.29, 1.82) is 0 Å². The number of pyridine rings is 1. The van der Waals surface area contributed by atoms with Crippen LogP contribution in [0.4, 0.5) is 0 Å². The van der Waals surface area contributed by atoms with Crippen molar-refractivity contribution in [2.45, 2.75) is 13.5 Å². The highest BCUT2D eigenvalue weighted by Gasteiger charge is 2.12. The average Bonchev–Trinajstić information content (AvgIpc) is 2.49. The number of nitrogens with zero attached hydrogens (tertiary/aromatic N) is 1. The van der Waals surface area contributed by atoms with Crippen LogP contribution in [0.5, 0.6) is 5.88 Å². The number of carbonyl (C=O) groups is 1. The van der Waals surface area contributed by atoms with Gasteiger partial charge < -0.3 is 10.1 Å². The molecule has 110 valence electrons. The number of hydrogen-bond acceptors (Lipinski definition) is 3. The first kappa shape index (κ1) is 15.8. The summed E-state index contributed by atoms with van der Waals surface area (Å²) in [5.74, 6) is 0.285. The summed E-state index contributed by atoms with van der Waals surface area (Å²) in [6.45, 7) is 2.73. The quantitative estimate of drug-likeness (QED) is 0.871. The first-order valence-corrected chi connectivity index (χ1v) is 7.59. The van der Waals surface area contributed by atoms with E-state index in [2.05, 4.69) is 26.2 Å². The third kappa shape index (κ3) is 4.19. The number of aromatic nitrogens is 1. The minimum Gasteiger partial charge on any atom is -0.478 e. The van der Waals surface area contributed by atoms with Crippen molar-refractivity contribution in [2.24, 2.45) is 0 Å². The van der Waals surface area contributed by atoms with Gasteiger partial charge in [-0.25, -0.2) is 4.98 Å². The maximum atomic E-state index is 12.2. The summed E-state index contributed by atoms with van der Waals surface area (Å²) >= 11 is 9.36. The predicted molar refractivity (Wildman–Crippen MR) is 85.7 cm³/mol. The van der Waals surface area contributed by atoms with E-state index in [0.717, 1.165) is 10.0 Å². The summed E-state index contributed by atoms with van der Waals surface area (Å²) in [6.07, 6.45) is 1.65. The number of hydrogen-bond donors (Lipinski definition) is 1. The van der Waals surface area contributed by atoms with Crippen molar-refractivity contribution in [2.75, 3.05) is 6.61 Å². The molecule has 0 fully saturated rings. The van der Waals surface area contributed by atoms with Crippen LogP contribution >= 0.6 is 27.5 Å². The molecule has 1 aromatic heterocycles. The van der Waals surface area contributed by atoms with Gasteiger partial charge in [0.15, 0.2) is 0 Å². The number of halogens is 2. The minimum absolute atomic E-state index is 0.243. The molecule has 0 saturated carbocycles. The molecule has 1 aromatic carbocycles. The summed E-state index contributed by atoms with van der Waals surface area (Å²) < 4.78 is 6.22. The summed E-state index contributed by atoms with van der Waals surface area (Å²) in [5.41, 5.74) is 1.24. The summed E-state index contributed by atoms with van der Waals surface area (Å²) in [5, 5.41) is 3.23. The molecule has 0 radical (unpaired) electrons. The SMILES string of the molecule is CCOc1ncccc1CNC(=O)c1cc(Br)ccc1Cl. The summed E-state index contributed by atoms with van der Waals surface area (Å²) in [7, 11) is 0. The maximum Gasteiger partial charge on any atom is 0.253 e. The Morgan fingerprint density at radius 1 is 1.43 bits per heavy atom. The van der Waals surface area contributed by atoms with Gasteiger partial charge in [0.05, 0.1) is 17.2 Å². The molecule has 1 N–H and O–H groups in total. The van der Waals surface area contributed by atoms with E-state index in [1.165, 1.54) is 0 Å². The largest absolute Gasteiger partial charge is 0.478 e. The molecule has 1 amide bonds. The van der Waals surface area contributed by atoms with Crippen LogP contribution in [-0.4, -0.2) is 17.5 Å². The smallest absolute Gasteiger partial charge is 0.253 e. The molecule has 0 saturated heterocycles. The van der Waals surface area contributed by atoms with Crippen LogP contribution in [0, 0.1) is 0 Å². The van der Waals surface area contributed by atoms with Crippen molar-refractivity contribution in [3.8, 4) is 5.88 Å². The van der Waals surface area contributed by atoms with Gasteiger partial charge in [-0.3, -0.25) is 4.79 Å². The Labute approximate surface area is 136 Å². The molecule has 0 bridgehead atoms. The number of amides is 1. The molecule has 2 rings (SSSR count). The third-order valence-corrected chi connectivity index (χ3v) is 3.57. The van der Waals surface area contributed by atoms with Gasteiger partial charge in [0.25, 0.3) is 5.91 Å². The van der Waals surface area contributed by atoms with Gasteiger partial charge in [-0.15, -0.1) is 0 Å². The van der Waals surface area contributed by atoms with Crippen LogP contribution in [0.25, 0.3) is 0 Å². The fraction of sp³-hybridized carbons (Fsp3) is 0.200. The molecule has 4 nitrogen and oxygen atoms in total. The van der Waals surface area contributed by atoms with Gasteiger partial charge in [-0.2, -0.15) is 0 Å². The standard InChI is InChI=1S/C15H14BrClN2O2/c1-2-21-15-10(4-3-7-18-15)9-19-14(20)12-8-11(16)5-6-13(12)17/h3-8H,2,9H2,1H3,(H,19,20). The second-order valence-electron chi connectivity index (χ2n) is 4.21. The number of benzene rings is 1. The van der Waals surface area contributed by atoms with Crippen LogP contribution in [0.1, 0.15) is 22.8 Å². The van der Waals surface area contributed by atoms with Crippen molar-refractivity contribution < 1.29 is 9.53 Å². The van der Waals surface area contributed by atoms with Gasteiger partial charge in [0.2, 0.25) is 5.88 Å². The van der Waals surface area contributed by atoms with Gasteiger partial charge in [0, 0.05) is 22.8 Å². The van der Waals surface area contributed by atoms with E-state index in [9.17, 15) is 4.79 Å². The average molecular weight is 370 g/mol. The van der Waals surface area contributed by atoms with Gasteiger partial charge in [-0.1, -0.05) is 33.6 Å². The highest BCUT2D eigenvalue weighted by Crippen LogP contribution is 2.21. The molecule has 0 unspecified atom stereocenters. The monoisotopic (exact) mass is 368 g/mol. The predicted octanol–water partition coefficient (Wildman–Crippen LogP) is 3.83. The zero-order valence-electron chi connectivity index (χ0n) is 11.4. The van der Waals surface area contributed by atoms with Crippen molar-refractivity contribution in [3.63, 3.8) is 0 Å². The zero-order chi connectivity index (χ0) is 15.2. The van der Waals surface area contributed by atoms with Crippen LogP contribution in [-0.2, 0) is 6.54 Å². The Hall–Kier alpha value is -1.59. The number of nitrogens with one attached hydrogen (secondary N) is 1. The van der Waals surface area contributed by atoms with Gasteiger partial charge in [0.1, 0.15) is 0 Å². The summed E-state index contributed by atoms with van der Waals surface area (Å²) in [6, 6.07) is 8.81. The molecule has 0 aliphatic carbocycles. The molecule has 1 heterocycles. The topological polar surface area (TPSA) is 51.2 Å². The van der Waals surface area contributed by atoms with E-state index < -0.39 is 0 Å². The van der Waals surface area contributed by atoms with Crippen LogP contribution in [0.15, 0.2) is 41.0 Å². The summed E-state index contributed by atoms with van der Waals surface area (Å²) in [4.78, 5) is 16.3. The zero-order valence-corrected chi connectivity index (χ0v) is 13.7. The Morgan fingerprint density at radius 3 is 3.00 bits per heavy atom. The molecule has 0 spiro atoms. The van der Waals surface area contributed by atoms with E-state index in [1.54, 1.807) is 30.5 Å². The van der Waals surface area contributed by atoms with Crippen LogP contribution < -0.4 is 10.1 Å². The lowest BCUT2D eigenvalue weighted by molar-refractivity contribution is 0.0950. The van der Waals surface area contributed by atoms with E-state index in [1.807, 2.05) is 13.0 Å². The van der Waals surface area contributed by atoms with Gasteiger partial charge in [-0.05, 0) is 31.2 Å². The minimum atomic E-state index is -0.243. The maximum absolute atomic E-state index is 12.2. The molecular formula is C15H14BrClN2O2. The van der Waals surface area contributed by atoms with Gasteiger partial charge >= 0.3 is 0 Å². The van der Waals surface area contributed by atoms with Crippen molar-refractivity contribution >= 4 is 33.4 Å². The lowest BCUT2D eigenvalue weighted by Crippen LogP contribution is -2.23. The number of ether oxygens (including phenoxy) is 1. The molecule has 21 heavy (non-hydrogen) atoms. The molecule has 2 aromatic rings. The van der Waals surface area contributed by atoms with E-state index in [-0.39, 0.29) is 5.91 Å². The third-order valence-electron chi connectivity index (χ3n) is 2.74. The van der Waals surface area contributed by atoms with E-state index in [4.69, 9.17) is 16.3 Å². The Balaban J connectivity index is 2.09. The second kappa shape index (κ2) is 7.43. The first-order valence-electron chi connectivity index (χ1n) is 6.41. The number of carbonyl (C=O) groups excluding carboxylic acids is 1. The molecule has 0 aliphatic heterocycles.